The van der Waals surface area contributed by atoms with Crippen LogP contribution in [0.1, 0.15) is 28.6 Å². The van der Waals surface area contributed by atoms with Crippen LogP contribution in [0.3, 0.4) is 0 Å². The Morgan fingerprint density at radius 2 is 2.14 bits per heavy atom. The topological polar surface area (TPSA) is 77.2 Å². The van der Waals surface area contributed by atoms with E-state index in [1.807, 2.05) is 0 Å². The third-order valence-corrected chi connectivity index (χ3v) is 3.42. The van der Waals surface area contributed by atoms with Crippen LogP contribution >= 0.6 is 12.4 Å². The number of halogens is 1. The highest BCUT2D eigenvalue weighted by atomic mass is 35.5. The lowest BCUT2D eigenvalue weighted by Gasteiger charge is -2.00. The molecule has 0 amide bonds. The summed E-state index contributed by atoms with van der Waals surface area (Å²) < 4.78 is 9.97. The molecule has 0 bridgehead atoms. The lowest BCUT2D eigenvalue weighted by Crippen LogP contribution is -2.08. The SMILES string of the molecule is COC(=O)c1ccc(-c2noc([C@H]3CCNC3)n2)cc1.Cl. The highest BCUT2D eigenvalue weighted by Gasteiger charge is 2.23. The molecule has 0 aliphatic carbocycles. The Labute approximate surface area is 128 Å². The van der Waals surface area contributed by atoms with Crippen molar-refractivity contribution in [2.75, 3.05) is 20.2 Å². The smallest absolute Gasteiger partial charge is 0.337 e. The number of hydrogen-bond acceptors (Lipinski definition) is 6. The molecule has 1 N–H and O–H groups in total. The summed E-state index contributed by atoms with van der Waals surface area (Å²) in [5.74, 6) is 1.15. The first-order valence-electron chi connectivity index (χ1n) is 6.51. The molecule has 1 aliphatic rings. The van der Waals surface area contributed by atoms with E-state index < -0.39 is 0 Å². The van der Waals surface area contributed by atoms with Crippen LogP contribution in [0.15, 0.2) is 28.8 Å². The first-order valence-corrected chi connectivity index (χ1v) is 6.51. The van der Waals surface area contributed by atoms with Crippen LogP contribution < -0.4 is 5.32 Å². The lowest BCUT2D eigenvalue weighted by molar-refractivity contribution is 0.0601. The van der Waals surface area contributed by atoms with E-state index in [1.54, 1.807) is 24.3 Å². The first-order chi connectivity index (χ1) is 9.78. The lowest BCUT2D eigenvalue weighted by atomic mass is 10.1. The first kappa shape index (κ1) is 15.5. The van der Waals surface area contributed by atoms with Gasteiger partial charge >= 0.3 is 5.97 Å². The number of esters is 1. The van der Waals surface area contributed by atoms with Crippen LogP contribution in [0.5, 0.6) is 0 Å². The Morgan fingerprint density at radius 1 is 1.38 bits per heavy atom. The molecular formula is C14H16ClN3O3. The molecular weight excluding hydrogens is 294 g/mol. The maximum atomic E-state index is 11.4. The minimum atomic E-state index is -0.359. The molecule has 21 heavy (non-hydrogen) atoms. The van der Waals surface area contributed by atoms with Crippen molar-refractivity contribution in [2.45, 2.75) is 12.3 Å². The predicted molar refractivity (Wildman–Crippen MR) is 78.5 cm³/mol. The van der Waals surface area contributed by atoms with Crippen molar-refractivity contribution in [3.8, 4) is 11.4 Å². The average Bonchev–Trinajstić information content (AvgIpc) is 3.17. The highest BCUT2D eigenvalue weighted by molar-refractivity contribution is 5.89. The van der Waals surface area contributed by atoms with Crippen molar-refractivity contribution in [3.63, 3.8) is 0 Å². The maximum absolute atomic E-state index is 11.4. The number of nitrogens with zero attached hydrogens (tertiary/aromatic N) is 2. The molecule has 112 valence electrons. The number of carbonyl (C=O) groups excluding carboxylic acids is 1. The minimum absolute atomic E-state index is 0. The van der Waals surface area contributed by atoms with Crippen molar-refractivity contribution < 1.29 is 14.1 Å². The van der Waals surface area contributed by atoms with Gasteiger partial charge in [0.1, 0.15) is 0 Å². The third kappa shape index (κ3) is 3.22. The van der Waals surface area contributed by atoms with E-state index in [2.05, 4.69) is 20.2 Å². The van der Waals surface area contributed by atoms with Gasteiger partial charge in [0.05, 0.1) is 18.6 Å². The van der Waals surface area contributed by atoms with Crippen molar-refractivity contribution in [1.82, 2.24) is 15.5 Å². The Balaban J connectivity index is 0.00000161. The summed E-state index contributed by atoms with van der Waals surface area (Å²) in [4.78, 5) is 15.8. The zero-order chi connectivity index (χ0) is 13.9. The van der Waals surface area contributed by atoms with Gasteiger partial charge in [-0.05, 0) is 25.1 Å². The zero-order valence-corrected chi connectivity index (χ0v) is 12.4. The molecule has 1 saturated heterocycles. The number of methoxy groups -OCH3 is 1. The van der Waals surface area contributed by atoms with Crippen molar-refractivity contribution >= 4 is 18.4 Å². The molecule has 0 unspecified atom stereocenters. The molecule has 0 saturated carbocycles. The maximum Gasteiger partial charge on any atom is 0.337 e. The highest BCUT2D eigenvalue weighted by Crippen LogP contribution is 2.24. The molecule has 0 spiro atoms. The van der Waals surface area contributed by atoms with Gasteiger partial charge in [-0.1, -0.05) is 17.3 Å². The number of aromatic nitrogens is 2. The van der Waals surface area contributed by atoms with Gasteiger partial charge in [0.25, 0.3) is 0 Å². The van der Waals surface area contributed by atoms with E-state index in [4.69, 9.17) is 4.52 Å². The van der Waals surface area contributed by atoms with Gasteiger partial charge in [-0.25, -0.2) is 4.79 Å². The Hall–Kier alpha value is -1.92. The van der Waals surface area contributed by atoms with E-state index in [1.165, 1.54) is 7.11 Å². The summed E-state index contributed by atoms with van der Waals surface area (Å²) in [6, 6.07) is 6.95. The summed E-state index contributed by atoms with van der Waals surface area (Å²) in [5.41, 5.74) is 1.32. The van der Waals surface area contributed by atoms with Crippen LogP contribution in [-0.4, -0.2) is 36.3 Å². The van der Waals surface area contributed by atoms with Gasteiger partial charge in [-0.15, -0.1) is 12.4 Å². The van der Waals surface area contributed by atoms with Gasteiger partial charge in [-0.2, -0.15) is 4.98 Å². The Morgan fingerprint density at radius 3 is 2.76 bits per heavy atom. The monoisotopic (exact) mass is 309 g/mol. The average molecular weight is 310 g/mol. The fourth-order valence-electron chi connectivity index (χ4n) is 2.26. The minimum Gasteiger partial charge on any atom is -0.465 e. The fourth-order valence-corrected chi connectivity index (χ4v) is 2.26. The standard InChI is InChI=1S/C14H15N3O3.ClH/c1-19-14(18)10-4-2-9(3-5-10)12-16-13(20-17-12)11-6-7-15-8-11;/h2-5,11,15H,6-8H2,1H3;1H/t11-;/m0./s1. The van der Waals surface area contributed by atoms with Crippen molar-refractivity contribution in [2.24, 2.45) is 0 Å². The van der Waals surface area contributed by atoms with E-state index in [-0.39, 0.29) is 18.4 Å². The number of hydrogen-bond donors (Lipinski definition) is 1. The normalized spacial score (nSPS) is 17.3. The van der Waals surface area contributed by atoms with Crippen LogP contribution in [0.2, 0.25) is 0 Å². The Kier molecular flexibility index (Phi) is 4.93. The van der Waals surface area contributed by atoms with E-state index >= 15 is 0 Å². The molecule has 1 fully saturated rings. The number of rotatable bonds is 3. The van der Waals surface area contributed by atoms with Crippen molar-refractivity contribution in [3.05, 3.63) is 35.7 Å². The molecule has 1 aliphatic heterocycles. The fraction of sp³-hybridized carbons (Fsp3) is 0.357. The molecule has 3 rings (SSSR count). The van der Waals surface area contributed by atoms with Gasteiger partial charge in [-0.3, -0.25) is 0 Å². The molecule has 1 aromatic carbocycles. The second-order valence-electron chi connectivity index (χ2n) is 4.71. The molecule has 1 aromatic heterocycles. The zero-order valence-electron chi connectivity index (χ0n) is 11.5. The third-order valence-electron chi connectivity index (χ3n) is 3.42. The van der Waals surface area contributed by atoms with Gasteiger partial charge in [0, 0.05) is 12.1 Å². The number of nitrogens with one attached hydrogen (secondary N) is 1. The molecule has 2 aromatic rings. The van der Waals surface area contributed by atoms with Gasteiger partial charge in [0.15, 0.2) is 0 Å². The molecule has 7 heteroatoms. The Bertz CT molecular complexity index is 606. The van der Waals surface area contributed by atoms with Crippen LogP contribution in [-0.2, 0) is 4.74 Å². The molecule has 0 radical (unpaired) electrons. The van der Waals surface area contributed by atoms with Gasteiger partial charge < -0.3 is 14.6 Å². The molecule has 6 nitrogen and oxygen atoms in total. The second kappa shape index (κ2) is 6.69. The molecule has 1 atom stereocenters. The summed E-state index contributed by atoms with van der Waals surface area (Å²) >= 11 is 0. The number of carbonyl (C=O) groups is 1. The van der Waals surface area contributed by atoms with Gasteiger partial charge in [0.2, 0.25) is 11.7 Å². The summed E-state index contributed by atoms with van der Waals surface area (Å²) in [6.07, 6.45) is 1.02. The quantitative estimate of drug-likeness (QED) is 0.874. The van der Waals surface area contributed by atoms with Crippen LogP contribution in [0.25, 0.3) is 11.4 Å². The summed E-state index contributed by atoms with van der Waals surface area (Å²) in [6.45, 7) is 1.86. The van der Waals surface area contributed by atoms with E-state index in [9.17, 15) is 4.79 Å². The molecule has 2 heterocycles. The van der Waals surface area contributed by atoms with Crippen molar-refractivity contribution in [1.29, 1.82) is 0 Å². The summed E-state index contributed by atoms with van der Waals surface area (Å²) in [5, 5.41) is 7.26. The van der Waals surface area contributed by atoms with E-state index in [0.29, 0.717) is 23.2 Å². The van der Waals surface area contributed by atoms with E-state index in [0.717, 1.165) is 25.1 Å². The largest absolute Gasteiger partial charge is 0.465 e. The number of benzene rings is 1. The predicted octanol–water partition coefficient (Wildman–Crippen LogP) is 2.02. The van der Waals surface area contributed by atoms with Crippen LogP contribution in [0, 0.1) is 0 Å². The summed E-state index contributed by atoms with van der Waals surface area (Å²) in [7, 11) is 1.36. The van der Waals surface area contributed by atoms with Crippen LogP contribution in [0.4, 0.5) is 0 Å². The second-order valence-corrected chi connectivity index (χ2v) is 4.71. The number of ether oxygens (including phenoxy) is 1.